The number of carboxylic acid groups (broad SMARTS) is 1. The normalized spacial score (nSPS) is 27.3. The lowest BCUT2D eigenvalue weighted by Crippen LogP contribution is -2.37. The van der Waals surface area contributed by atoms with Crippen molar-refractivity contribution >= 4 is 28.5 Å². The number of nitrogens with zero attached hydrogens (tertiary/aromatic N) is 2. The van der Waals surface area contributed by atoms with Crippen LogP contribution in [0.2, 0.25) is 0 Å². The topological polar surface area (TPSA) is 91.8 Å². The van der Waals surface area contributed by atoms with Gasteiger partial charge < -0.3 is 14.7 Å². The molecule has 0 saturated carbocycles. The molecule has 8 heteroatoms. The zero-order chi connectivity index (χ0) is 18.4. The van der Waals surface area contributed by atoms with E-state index in [1.165, 1.54) is 4.88 Å². The van der Waals surface area contributed by atoms with E-state index in [-0.39, 0.29) is 12.6 Å². The SMILES string of the molecule is CC1(C(=O)O)CCN(C(=O)Nc2nc3c(s2)CC2(CCOCC2)CC3)C1. The molecular formula is C18H25N3O4S. The van der Waals surface area contributed by atoms with E-state index in [4.69, 9.17) is 4.74 Å². The van der Waals surface area contributed by atoms with Gasteiger partial charge in [0.2, 0.25) is 0 Å². The van der Waals surface area contributed by atoms with Gasteiger partial charge in [-0.2, -0.15) is 0 Å². The van der Waals surface area contributed by atoms with E-state index in [1.807, 2.05) is 0 Å². The van der Waals surface area contributed by atoms with Crippen molar-refractivity contribution in [1.29, 1.82) is 0 Å². The van der Waals surface area contributed by atoms with Crippen LogP contribution in [0.3, 0.4) is 0 Å². The molecule has 4 rings (SSSR count). The smallest absolute Gasteiger partial charge is 0.323 e. The number of urea groups is 1. The average molecular weight is 379 g/mol. The number of amides is 2. The van der Waals surface area contributed by atoms with E-state index in [1.54, 1.807) is 23.2 Å². The molecule has 2 aliphatic heterocycles. The molecule has 3 aliphatic rings. The molecule has 2 fully saturated rings. The van der Waals surface area contributed by atoms with Crippen LogP contribution in [0, 0.1) is 10.8 Å². The van der Waals surface area contributed by atoms with Gasteiger partial charge in [0.1, 0.15) is 0 Å². The molecule has 1 aromatic heterocycles. The summed E-state index contributed by atoms with van der Waals surface area (Å²) in [5.41, 5.74) is 0.603. The number of carbonyl (C=O) groups excluding carboxylic acids is 1. The Morgan fingerprint density at radius 3 is 2.73 bits per heavy atom. The first-order chi connectivity index (χ1) is 12.4. The molecule has 2 amide bonds. The van der Waals surface area contributed by atoms with Crippen LogP contribution in [-0.2, 0) is 22.4 Å². The maximum Gasteiger partial charge on any atom is 0.323 e. The third kappa shape index (κ3) is 3.20. The minimum atomic E-state index is -0.852. The first-order valence-corrected chi connectivity index (χ1v) is 10.1. The minimum Gasteiger partial charge on any atom is -0.481 e. The van der Waals surface area contributed by atoms with Crippen molar-refractivity contribution in [2.24, 2.45) is 10.8 Å². The highest BCUT2D eigenvalue weighted by atomic mass is 32.1. The van der Waals surface area contributed by atoms with Gasteiger partial charge in [-0.3, -0.25) is 10.1 Å². The highest BCUT2D eigenvalue weighted by Gasteiger charge is 2.42. The number of aliphatic carboxylic acids is 1. The molecule has 1 spiro atoms. The Morgan fingerprint density at radius 2 is 2.04 bits per heavy atom. The number of hydrogen-bond acceptors (Lipinski definition) is 5. The monoisotopic (exact) mass is 379 g/mol. The van der Waals surface area contributed by atoms with E-state index in [0.717, 1.165) is 51.0 Å². The van der Waals surface area contributed by atoms with E-state index >= 15 is 0 Å². The second-order valence-electron chi connectivity index (χ2n) is 8.15. The first kappa shape index (κ1) is 17.7. The quantitative estimate of drug-likeness (QED) is 0.824. The van der Waals surface area contributed by atoms with Crippen molar-refractivity contribution in [1.82, 2.24) is 9.88 Å². The number of rotatable bonds is 2. The van der Waals surface area contributed by atoms with Gasteiger partial charge in [0, 0.05) is 31.2 Å². The van der Waals surface area contributed by atoms with Crippen molar-refractivity contribution in [2.75, 3.05) is 31.6 Å². The maximum absolute atomic E-state index is 12.5. The van der Waals surface area contributed by atoms with Gasteiger partial charge in [-0.1, -0.05) is 0 Å². The molecule has 26 heavy (non-hydrogen) atoms. The molecule has 1 atom stereocenters. The summed E-state index contributed by atoms with van der Waals surface area (Å²) in [5, 5.41) is 12.8. The van der Waals surface area contributed by atoms with Crippen LogP contribution in [0.5, 0.6) is 0 Å². The minimum absolute atomic E-state index is 0.238. The fourth-order valence-electron chi connectivity index (χ4n) is 4.29. The largest absolute Gasteiger partial charge is 0.481 e. The van der Waals surface area contributed by atoms with Gasteiger partial charge >= 0.3 is 12.0 Å². The van der Waals surface area contributed by atoms with E-state index in [9.17, 15) is 14.7 Å². The summed E-state index contributed by atoms with van der Waals surface area (Å²) in [6.07, 6.45) is 5.82. The predicted octanol–water partition coefficient (Wildman–Crippen LogP) is 2.76. The van der Waals surface area contributed by atoms with Crippen molar-refractivity contribution in [3.05, 3.63) is 10.6 Å². The van der Waals surface area contributed by atoms with Crippen LogP contribution in [0.4, 0.5) is 9.93 Å². The van der Waals surface area contributed by atoms with Crippen LogP contribution in [0.1, 0.15) is 43.2 Å². The Labute approximate surface area is 156 Å². The fraction of sp³-hybridized carbons (Fsp3) is 0.722. The highest BCUT2D eigenvalue weighted by molar-refractivity contribution is 7.15. The summed E-state index contributed by atoms with van der Waals surface area (Å²) < 4.78 is 5.52. The second kappa shape index (κ2) is 6.49. The number of carboxylic acids is 1. The number of carbonyl (C=O) groups is 2. The number of aromatic nitrogens is 1. The first-order valence-electron chi connectivity index (χ1n) is 9.25. The third-order valence-corrected chi connectivity index (χ3v) is 7.26. The van der Waals surface area contributed by atoms with E-state index in [2.05, 4.69) is 10.3 Å². The van der Waals surface area contributed by atoms with Crippen molar-refractivity contribution in [3.63, 3.8) is 0 Å². The summed E-state index contributed by atoms with van der Waals surface area (Å²) >= 11 is 1.57. The molecule has 2 saturated heterocycles. The lowest BCUT2D eigenvalue weighted by atomic mass is 9.70. The molecule has 0 radical (unpaired) electrons. The molecule has 7 nitrogen and oxygen atoms in total. The number of anilines is 1. The molecular weight excluding hydrogens is 354 g/mol. The number of nitrogens with one attached hydrogen (secondary N) is 1. The van der Waals surface area contributed by atoms with Gasteiger partial charge in [0.15, 0.2) is 5.13 Å². The Hall–Kier alpha value is -1.67. The van der Waals surface area contributed by atoms with Gasteiger partial charge in [0.25, 0.3) is 0 Å². The molecule has 3 heterocycles. The summed E-state index contributed by atoms with van der Waals surface area (Å²) in [5.74, 6) is -0.848. The van der Waals surface area contributed by atoms with E-state index in [0.29, 0.717) is 23.5 Å². The van der Waals surface area contributed by atoms with Gasteiger partial charge in [-0.15, -0.1) is 11.3 Å². The summed E-state index contributed by atoms with van der Waals surface area (Å²) in [6.45, 7) is 4.08. The van der Waals surface area contributed by atoms with Gasteiger partial charge in [-0.25, -0.2) is 9.78 Å². The molecule has 0 aromatic carbocycles. The van der Waals surface area contributed by atoms with Crippen LogP contribution in [-0.4, -0.2) is 53.3 Å². The Bertz CT molecular complexity index is 728. The molecule has 142 valence electrons. The third-order valence-electron chi connectivity index (χ3n) is 6.25. The molecule has 1 aliphatic carbocycles. The van der Waals surface area contributed by atoms with Gasteiger partial charge in [-0.05, 0) is 50.9 Å². The maximum atomic E-state index is 12.5. The van der Waals surface area contributed by atoms with Crippen LogP contribution in [0.25, 0.3) is 0 Å². The lowest BCUT2D eigenvalue weighted by molar-refractivity contribution is -0.146. The van der Waals surface area contributed by atoms with Crippen molar-refractivity contribution < 1.29 is 19.4 Å². The van der Waals surface area contributed by atoms with Crippen LogP contribution in [0.15, 0.2) is 0 Å². The van der Waals surface area contributed by atoms with Gasteiger partial charge in [0.05, 0.1) is 11.1 Å². The Balaban J connectivity index is 1.41. The summed E-state index contributed by atoms with van der Waals surface area (Å²) in [6, 6.07) is -0.248. The lowest BCUT2D eigenvalue weighted by Gasteiger charge is -2.39. The van der Waals surface area contributed by atoms with Crippen LogP contribution < -0.4 is 5.32 Å². The summed E-state index contributed by atoms with van der Waals surface area (Å²) in [4.78, 5) is 31.3. The number of aryl methyl sites for hydroxylation is 1. The second-order valence-corrected chi connectivity index (χ2v) is 9.23. The van der Waals surface area contributed by atoms with Crippen molar-refractivity contribution in [2.45, 2.75) is 45.4 Å². The number of likely N-dealkylation sites (tertiary alicyclic amines) is 1. The fourth-order valence-corrected chi connectivity index (χ4v) is 5.46. The van der Waals surface area contributed by atoms with E-state index < -0.39 is 11.4 Å². The zero-order valence-corrected chi connectivity index (χ0v) is 15.9. The number of thiazole rings is 1. The van der Waals surface area contributed by atoms with Crippen LogP contribution >= 0.6 is 11.3 Å². The highest BCUT2D eigenvalue weighted by Crippen LogP contribution is 2.45. The zero-order valence-electron chi connectivity index (χ0n) is 15.0. The molecule has 1 aromatic rings. The average Bonchev–Trinajstić information content (AvgIpc) is 3.19. The number of hydrogen-bond donors (Lipinski definition) is 2. The Morgan fingerprint density at radius 1 is 1.27 bits per heavy atom. The molecule has 0 bridgehead atoms. The van der Waals surface area contributed by atoms with Crippen molar-refractivity contribution in [3.8, 4) is 0 Å². The Kier molecular flexibility index (Phi) is 4.43. The summed E-state index contributed by atoms with van der Waals surface area (Å²) in [7, 11) is 0. The molecule has 2 N–H and O–H groups in total. The predicted molar refractivity (Wildman–Crippen MR) is 97.6 cm³/mol. The number of fused-ring (bicyclic) bond motifs is 1. The standard InChI is InChI=1S/C18H25N3O4S/c1-17(14(22)23)4-7-21(11-17)16(24)20-15-19-12-2-3-18(10-13(12)26-15)5-8-25-9-6-18/h2-11H2,1H3,(H,22,23)(H,19,20,24). The number of ether oxygens (including phenoxy) is 1. The molecule has 1 unspecified atom stereocenters.